The summed E-state index contributed by atoms with van der Waals surface area (Å²) in [6.07, 6.45) is 8.27. The van der Waals surface area contributed by atoms with E-state index in [0.29, 0.717) is 0 Å². The van der Waals surface area contributed by atoms with Gasteiger partial charge in [0, 0.05) is 5.41 Å². The molecule has 0 unspecified atom stereocenters. The third kappa shape index (κ3) is 3.87. The molecule has 0 atom stereocenters. The van der Waals surface area contributed by atoms with Gasteiger partial charge in [0.2, 0.25) is 0 Å². The number of rotatable bonds is 6. The van der Waals surface area contributed by atoms with Gasteiger partial charge in [-0.25, -0.2) is 0 Å². The van der Waals surface area contributed by atoms with Gasteiger partial charge in [0.15, 0.2) is 0 Å². The topological polar surface area (TPSA) is 0 Å². The van der Waals surface area contributed by atoms with E-state index in [-0.39, 0.29) is 5.41 Å². The maximum absolute atomic E-state index is 3.89. The average molecular weight is 319 g/mol. The fraction of sp³-hybridized carbons (Fsp3) is 0.333. The molecule has 0 spiro atoms. The van der Waals surface area contributed by atoms with E-state index in [9.17, 15) is 0 Å². The SMILES string of the molecule is C=CCc1cc(C(C)(C)c2ccc(C)c(C/C=C/C)c2)ccc1C. The fourth-order valence-corrected chi connectivity index (χ4v) is 3.13. The molecule has 24 heavy (non-hydrogen) atoms. The minimum absolute atomic E-state index is 0.0119. The zero-order valence-corrected chi connectivity index (χ0v) is 15.8. The van der Waals surface area contributed by atoms with E-state index in [4.69, 9.17) is 0 Å². The Morgan fingerprint density at radius 2 is 1.38 bits per heavy atom. The first-order valence-electron chi connectivity index (χ1n) is 8.82. The fourth-order valence-electron chi connectivity index (χ4n) is 3.13. The average Bonchev–Trinajstić information content (AvgIpc) is 2.56. The van der Waals surface area contributed by atoms with Crippen LogP contribution in [-0.2, 0) is 18.3 Å². The van der Waals surface area contributed by atoms with Crippen molar-refractivity contribution >= 4 is 0 Å². The predicted molar refractivity (Wildman–Crippen MR) is 107 cm³/mol. The first-order valence-corrected chi connectivity index (χ1v) is 8.82. The number of hydrogen-bond donors (Lipinski definition) is 0. The third-order valence-corrected chi connectivity index (χ3v) is 5.08. The van der Waals surface area contributed by atoms with Gasteiger partial charge in [-0.3, -0.25) is 0 Å². The Hall–Kier alpha value is -2.08. The van der Waals surface area contributed by atoms with Crippen LogP contribution in [0.2, 0.25) is 0 Å². The van der Waals surface area contributed by atoms with Crippen LogP contribution < -0.4 is 0 Å². The van der Waals surface area contributed by atoms with E-state index in [0.717, 1.165) is 12.8 Å². The lowest BCUT2D eigenvalue weighted by molar-refractivity contribution is 0.638. The van der Waals surface area contributed by atoms with E-state index < -0.39 is 0 Å². The quantitative estimate of drug-likeness (QED) is 0.535. The lowest BCUT2D eigenvalue weighted by Gasteiger charge is -2.28. The molecule has 0 heterocycles. The molecule has 0 saturated heterocycles. The van der Waals surface area contributed by atoms with Crippen molar-refractivity contribution in [3.05, 3.63) is 94.6 Å². The van der Waals surface area contributed by atoms with E-state index in [2.05, 4.69) is 89.7 Å². The minimum atomic E-state index is -0.0119. The van der Waals surface area contributed by atoms with Gasteiger partial charge < -0.3 is 0 Å². The lowest BCUT2D eigenvalue weighted by Crippen LogP contribution is -2.19. The first-order chi connectivity index (χ1) is 11.4. The Labute approximate surface area is 147 Å². The number of hydrogen-bond acceptors (Lipinski definition) is 0. The van der Waals surface area contributed by atoms with Crippen molar-refractivity contribution in [2.24, 2.45) is 0 Å². The van der Waals surface area contributed by atoms with Crippen molar-refractivity contribution in [2.75, 3.05) is 0 Å². The normalized spacial score (nSPS) is 11.9. The summed E-state index contributed by atoms with van der Waals surface area (Å²) in [4.78, 5) is 0. The number of allylic oxidation sites excluding steroid dienone is 3. The summed E-state index contributed by atoms with van der Waals surface area (Å²) in [5.74, 6) is 0. The van der Waals surface area contributed by atoms with Gasteiger partial charge in [-0.2, -0.15) is 0 Å². The molecule has 0 aromatic heterocycles. The van der Waals surface area contributed by atoms with Crippen molar-refractivity contribution in [1.29, 1.82) is 0 Å². The molecule has 0 bridgehead atoms. The van der Waals surface area contributed by atoms with Crippen molar-refractivity contribution < 1.29 is 0 Å². The van der Waals surface area contributed by atoms with E-state index in [1.54, 1.807) is 0 Å². The highest BCUT2D eigenvalue weighted by atomic mass is 14.3. The molecule has 2 rings (SSSR count). The highest BCUT2D eigenvalue weighted by Gasteiger charge is 2.24. The summed E-state index contributed by atoms with van der Waals surface area (Å²) in [7, 11) is 0. The van der Waals surface area contributed by atoms with Crippen LogP contribution in [0, 0.1) is 13.8 Å². The minimum Gasteiger partial charge on any atom is -0.103 e. The Morgan fingerprint density at radius 3 is 1.83 bits per heavy atom. The molecule has 0 N–H and O–H groups in total. The zero-order valence-electron chi connectivity index (χ0n) is 15.8. The Balaban J connectivity index is 2.46. The molecule has 0 nitrogen and oxygen atoms in total. The molecule has 0 aliphatic rings. The van der Waals surface area contributed by atoms with Crippen molar-refractivity contribution in [3.8, 4) is 0 Å². The molecule has 0 heteroatoms. The lowest BCUT2D eigenvalue weighted by atomic mass is 9.76. The van der Waals surface area contributed by atoms with E-state index in [1.807, 2.05) is 6.08 Å². The molecule has 126 valence electrons. The van der Waals surface area contributed by atoms with Gasteiger partial charge >= 0.3 is 0 Å². The highest BCUT2D eigenvalue weighted by molar-refractivity contribution is 5.45. The van der Waals surface area contributed by atoms with Gasteiger partial charge in [-0.1, -0.05) is 68.5 Å². The molecule has 2 aromatic carbocycles. The maximum atomic E-state index is 3.89. The summed E-state index contributed by atoms with van der Waals surface area (Å²) in [6.45, 7) is 15.0. The molecule has 2 aromatic rings. The van der Waals surface area contributed by atoms with Crippen molar-refractivity contribution in [2.45, 2.75) is 52.9 Å². The van der Waals surface area contributed by atoms with Gasteiger partial charge in [-0.15, -0.1) is 6.58 Å². The van der Waals surface area contributed by atoms with Crippen LogP contribution in [0.4, 0.5) is 0 Å². The largest absolute Gasteiger partial charge is 0.103 e. The van der Waals surface area contributed by atoms with Crippen LogP contribution in [-0.4, -0.2) is 0 Å². The smallest absolute Gasteiger partial charge is 0.0146 e. The van der Waals surface area contributed by atoms with Gasteiger partial charge in [0.05, 0.1) is 0 Å². The zero-order chi connectivity index (χ0) is 17.7. The van der Waals surface area contributed by atoms with Gasteiger partial charge in [0.1, 0.15) is 0 Å². The van der Waals surface area contributed by atoms with Crippen LogP contribution >= 0.6 is 0 Å². The van der Waals surface area contributed by atoms with Crippen LogP contribution in [0.1, 0.15) is 54.2 Å². The molecule has 0 aliphatic heterocycles. The number of benzene rings is 2. The summed E-state index contributed by atoms with van der Waals surface area (Å²) >= 11 is 0. The summed E-state index contributed by atoms with van der Waals surface area (Å²) in [5.41, 5.74) is 8.22. The Kier molecular flexibility index (Phi) is 5.83. The molecule has 0 fully saturated rings. The van der Waals surface area contributed by atoms with Gasteiger partial charge in [0.25, 0.3) is 0 Å². The second-order valence-corrected chi connectivity index (χ2v) is 7.17. The van der Waals surface area contributed by atoms with Crippen LogP contribution in [0.3, 0.4) is 0 Å². The van der Waals surface area contributed by atoms with Crippen LogP contribution in [0.5, 0.6) is 0 Å². The Bertz CT molecular complexity index is 745. The maximum Gasteiger partial charge on any atom is 0.0146 e. The van der Waals surface area contributed by atoms with Crippen molar-refractivity contribution in [3.63, 3.8) is 0 Å². The second kappa shape index (κ2) is 7.66. The third-order valence-electron chi connectivity index (χ3n) is 5.08. The summed E-state index contributed by atoms with van der Waals surface area (Å²) in [6, 6.07) is 13.8. The molecular formula is C24H30. The standard InChI is InChI=1S/C24H30/c1-7-9-11-21-17-23(15-13-19(21)4)24(5,6)22-14-12-18(3)20(16-22)10-8-2/h7-9,12-17H,2,10-11H2,1,3-6H3/b9-7+. The predicted octanol–water partition coefficient (Wildman–Crippen LogP) is 6.48. The van der Waals surface area contributed by atoms with Crippen molar-refractivity contribution in [1.82, 2.24) is 0 Å². The Morgan fingerprint density at radius 1 is 0.875 bits per heavy atom. The monoisotopic (exact) mass is 318 g/mol. The van der Waals surface area contributed by atoms with Crippen LogP contribution in [0.15, 0.2) is 61.2 Å². The molecule has 0 amide bonds. The molecular weight excluding hydrogens is 288 g/mol. The highest BCUT2D eigenvalue weighted by Crippen LogP contribution is 2.34. The first kappa shape index (κ1) is 18.3. The second-order valence-electron chi connectivity index (χ2n) is 7.17. The van der Waals surface area contributed by atoms with Crippen LogP contribution in [0.25, 0.3) is 0 Å². The molecule has 0 radical (unpaired) electrons. The van der Waals surface area contributed by atoms with E-state index in [1.165, 1.54) is 33.4 Å². The molecule has 0 aliphatic carbocycles. The van der Waals surface area contributed by atoms with Gasteiger partial charge in [-0.05, 0) is 67.0 Å². The summed E-state index contributed by atoms with van der Waals surface area (Å²) < 4.78 is 0. The number of aryl methyl sites for hydroxylation is 2. The van der Waals surface area contributed by atoms with E-state index >= 15 is 0 Å². The summed E-state index contributed by atoms with van der Waals surface area (Å²) in [5, 5.41) is 0. The molecule has 0 saturated carbocycles.